The fraction of sp³-hybridized carbons (Fsp3) is 0.533. The second-order valence-corrected chi connectivity index (χ2v) is 7.42. The first kappa shape index (κ1) is 17.4. The highest BCUT2D eigenvalue weighted by atomic mass is 32.2. The molecule has 0 aliphatic heterocycles. The van der Waals surface area contributed by atoms with Crippen LogP contribution < -0.4 is 4.83 Å². The number of nitro benzene ring substituents is 1. The third kappa shape index (κ3) is 5.97. The quantitative estimate of drug-likeness (QED) is 0.657. The van der Waals surface area contributed by atoms with Crippen LogP contribution in [0.4, 0.5) is 5.69 Å². The molecule has 7 nitrogen and oxygen atoms in total. The molecule has 0 saturated heterocycles. The lowest BCUT2D eigenvalue weighted by molar-refractivity contribution is -0.384. The van der Waals surface area contributed by atoms with E-state index >= 15 is 0 Å². The van der Waals surface area contributed by atoms with Crippen molar-refractivity contribution in [3.05, 3.63) is 39.9 Å². The van der Waals surface area contributed by atoms with Crippen molar-refractivity contribution < 1.29 is 13.3 Å². The van der Waals surface area contributed by atoms with Gasteiger partial charge in [0.25, 0.3) is 15.7 Å². The van der Waals surface area contributed by atoms with Crippen LogP contribution in [0.3, 0.4) is 0 Å². The van der Waals surface area contributed by atoms with Gasteiger partial charge in [-0.05, 0) is 31.2 Å². The maximum atomic E-state index is 12.1. The Balaban J connectivity index is 1.96. The van der Waals surface area contributed by atoms with Gasteiger partial charge in [-0.2, -0.15) is 5.10 Å². The Morgan fingerprint density at radius 2 is 1.61 bits per heavy atom. The van der Waals surface area contributed by atoms with Crippen LogP contribution in [0.2, 0.25) is 0 Å². The minimum Gasteiger partial charge on any atom is -0.258 e. The molecular weight excluding hydrogens is 318 g/mol. The topological polar surface area (TPSA) is 102 Å². The lowest BCUT2D eigenvalue weighted by Gasteiger charge is -2.11. The molecule has 23 heavy (non-hydrogen) atoms. The lowest BCUT2D eigenvalue weighted by atomic mass is 9.99. The standard InChI is InChI=1S/C15H21N3O4S/c19-18(20)15-10-8-13(9-11-15)12-23(21,22)17-16-14-6-4-2-1-3-5-7-14/h8-11,17H,1-7,12H2. The second kappa shape index (κ2) is 8.05. The van der Waals surface area contributed by atoms with E-state index in [2.05, 4.69) is 9.93 Å². The van der Waals surface area contributed by atoms with Crippen molar-refractivity contribution in [2.24, 2.45) is 5.10 Å². The van der Waals surface area contributed by atoms with E-state index in [1.54, 1.807) is 0 Å². The van der Waals surface area contributed by atoms with Crippen LogP contribution in [0.25, 0.3) is 0 Å². The average Bonchev–Trinajstić information content (AvgIpc) is 2.46. The molecule has 0 unspecified atom stereocenters. The Morgan fingerprint density at radius 3 is 2.17 bits per heavy atom. The first-order chi connectivity index (χ1) is 11.0. The summed E-state index contributed by atoms with van der Waals surface area (Å²) < 4.78 is 24.1. The summed E-state index contributed by atoms with van der Waals surface area (Å²) in [4.78, 5) is 12.4. The summed E-state index contributed by atoms with van der Waals surface area (Å²) in [6.45, 7) is 0. The van der Waals surface area contributed by atoms with Gasteiger partial charge in [0.1, 0.15) is 0 Å². The van der Waals surface area contributed by atoms with Crippen molar-refractivity contribution >= 4 is 21.4 Å². The van der Waals surface area contributed by atoms with Gasteiger partial charge in [0.15, 0.2) is 0 Å². The third-order valence-electron chi connectivity index (χ3n) is 3.78. The first-order valence-corrected chi connectivity index (χ1v) is 9.40. The average molecular weight is 339 g/mol. The van der Waals surface area contributed by atoms with E-state index in [1.807, 2.05) is 0 Å². The smallest absolute Gasteiger partial charge is 0.258 e. The van der Waals surface area contributed by atoms with Crippen LogP contribution in [-0.4, -0.2) is 19.1 Å². The Kier molecular flexibility index (Phi) is 6.09. The minimum atomic E-state index is -3.60. The zero-order chi connectivity index (χ0) is 16.7. The summed E-state index contributed by atoms with van der Waals surface area (Å²) >= 11 is 0. The van der Waals surface area contributed by atoms with Crippen LogP contribution >= 0.6 is 0 Å². The van der Waals surface area contributed by atoms with Gasteiger partial charge in [0.2, 0.25) is 0 Å². The van der Waals surface area contributed by atoms with Gasteiger partial charge in [-0.15, -0.1) is 0 Å². The Labute approximate surface area is 136 Å². The lowest BCUT2D eigenvalue weighted by Crippen LogP contribution is -2.22. The number of hydrazone groups is 1. The van der Waals surface area contributed by atoms with Gasteiger partial charge in [-0.3, -0.25) is 10.1 Å². The molecule has 1 saturated carbocycles. The number of nitro groups is 1. The second-order valence-electron chi connectivity index (χ2n) is 5.72. The van der Waals surface area contributed by atoms with Crippen molar-refractivity contribution in [3.63, 3.8) is 0 Å². The Hall–Kier alpha value is -1.96. The van der Waals surface area contributed by atoms with Crippen LogP contribution in [0.15, 0.2) is 29.4 Å². The van der Waals surface area contributed by atoms with E-state index in [4.69, 9.17) is 0 Å². The molecule has 126 valence electrons. The monoisotopic (exact) mass is 339 g/mol. The number of non-ortho nitro benzene ring substituents is 1. The highest BCUT2D eigenvalue weighted by molar-refractivity contribution is 7.88. The molecule has 1 aromatic carbocycles. The molecule has 0 heterocycles. The summed E-state index contributed by atoms with van der Waals surface area (Å²) in [5.41, 5.74) is 1.33. The molecule has 1 N–H and O–H groups in total. The summed E-state index contributed by atoms with van der Waals surface area (Å²) in [6, 6.07) is 5.48. The number of benzene rings is 1. The summed E-state index contributed by atoms with van der Waals surface area (Å²) in [6.07, 6.45) is 7.31. The highest BCUT2D eigenvalue weighted by Gasteiger charge is 2.13. The molecule has 0 amide bonds. The normalized spacial score (nSPS) is 16.3. The number of sulfonamides is 1. The maximum Gasteiger partial charge on any atom is 0.269 e. The molecule has 0 radical (unpaired) electrons. The van der Waals surface area contributed by atoms with Crippen molar-refractivity contribution in [2.75, 3.05) is 0 Å². The van der Waals surface area contributed by atoms with Crippen molar-refractivity contribution in [1.82, 2.24) is 4.83 Å². The molecule has 1 fully saturated rings. The van der Waals surface area contributed by atoms with E-state index in [1.165, 1.54) is 30.7 Å². The summed E-state index contributed by atoms with van der Waals surface area (Å²) in [7, 11) is -3.60. The number of hydrogen-bond donors (Lipinski definition) is 1. The van der Waals surface area contributed by atoms with E-state index in [0.29, 0.717) is 5.56 Å². The fourth-order valence-corrected chi connectivity index (χ4v) is 3.49. The molecule has 1 aliphatic carbocycles. The Bertz CT molecular complexity index is 658. The van der Waals surface area contributed by atoms with Crippen molar-refractivity contribution in [1.29, 1.82) is 0 Å². The minimum absolute atomic E-state index is 0.0612. The van der Waals surface area contributed by atoms with Crippen LogP contribution in [0, 0.1) is 10.1 Å². The highest BCUT2D eigenvalue weighted by Crippen LogP contribution is 2.16. The first-order valence-electron chi connectivity index (χ1n) is 7.74. The van der Waals surface area contributed by atoms with E-state index in [-0.39, 0.29) is 11.4 Å². The molecule has 1 aromatic rings. The molecule has 0 aromatic heterocycles. The Morgan fingerprint density at radius 1 is 1.04 bits per heavy atom. The number of nitrogens with one attached hydrogen (secondary N) is 1. The van der Waals surface area contributed by atoms with Crippen LogP contribution in [-0.2, 0) is 15.8 Å². The van der Waals surface area contributed by atoms with Gasteiger partial charge in [0.05, 0.1) is 10.7 Å². The molecule has 0 atom stereocenters. The van der Waals surface area contributed by atoms with Gasteiger partial charge in [0, 0.05) is 17.8 Å². The molecule has 0 bridgehead atoms. The molecular formula is C15H21N3O4S. The molecule has 8 heteroatoms. The summed E-state index contributed by atoms with van der Waals surface area (Å²) in [5, 5.41) is 14.7. The fourth-order valence-electron chi connectivity index (χ4n) is 2.52. The van der Waals surface area contributed by atoms with Crippen LogP contribution in [0.1, 0.15) is 50.5 Å². The van der Waals surface area contributed by atoms with Crippen LogP contribution in [0.5, 0.6) is 0 Å². The zero-order valence-electron chi connectivity index (χ0n) is 12.9. The molecule has 1 aliphatic rings. The number of hydrogen-bond acceptors (Lipinski definition) is 5. The molecule has 0 spiro atoms. The third-order valence-corrected chi connectivity index (χ3v) is 4.86. The predicted octanol–water partition coefficient (Wildman–Crippen LogP) is 3.11. The van der Waals surface area contributed by atoms with Gasteiger partial charge in [-0.1, -0.05) is 31.4 Å². The van der Waals surface area contributed by atoms with Crippen molar-refractivity contribution in [3.8, 4) is 0 Å². The van der Waals surface area contributed by atoms with E-state index < -0.39 is 14.9 Å². The van der Waals surface area contributed by atoms with E-state index in [0.717, 1.165) is 44.2 Å². The molecule has 2 rings (SSSR count). The number of rotatable bonds is 5. The summed E-state index contributed by atoms with van der Waals surface area (Å²) in [5.74, 6) is -0.248. The van der Waals surface area contributed by atoms with Gasteiger partial charge >= 0.3 is 0 Å². The zero-order valence-corrected chi connectivity index (χ0v) is 13.7. The predicted molar refractivity (Wildman–Crippen MR) is 88.6 cm³/mol. The van der Waals surface area contributed by atoms with E-state index in [9.17, 15) is 18.5 Å². The van der Waals surface area contributed by atoms with Gasteiger partial charge in [-0.25, -0.2) is 13.2 Å². The SMILES string of the molecule is O=[N+]([O-])c1ccc(CS(=O)(=O)NN=C2CCCCCCC2)cc1. The van der Waals surface area contributed by atoms with Crippen molar-refractivity contribution in [2.45, 2.75) is 50.7 Å². The number of nitrogens with zero attached hydrogens (tertiary/aromatic N) is 2. The largest absolute Gasteiger partial charge is 0.269 e. The maximum absolute atomic E-state index is 12.1. The van der Waals surface area contributed by atoms with Gasteiger partial charge < -0.3 is 0 Å².